The van der Waals surface area contributed by atoms with Crippen molar-refractivity contribution in [2.75, 3.05) is 7.05 Å². The van der Waals surface area contributed by atoms with Crippen molar-refractivity contribution in [3.8, 4) is 0 Å². The van der Waals surface area contributed by atoms with E-state index in [0.717, 1.165) is 6.42 Å². The summed E-state index contributed by atoms with van der Waals surface area (Å²) in [5.74, 6) is 0.821. The van der Waals surface area contributed by atoms with Gasteiger partial charge in [-0.25, -0.2) is 0 Å². The van der Waals surface area contributed by atoms with Crippen molar-refractivity contribution < 1.29 is 4.79 Å². The molecule has 32 heavy (non-hydrogen) atoms. The minimum absolute atomic E-state index is 0.227. The Morgan fingerprint density at radius 2 is 0.969 bits per heavy atom. The highest BCUT2D eigenvalue weighted by Crippen LogP contribution is 2.22. The second kappa shape index (κ2) is 26.5. The van der Waals surface area contributed by atoms with Gasteiger partial charge in [0.1, 0.15) is 0 Å². The van der Waals surface area contributed by atoms with E-state index in [1.165, 1.54) is 141 Å². The number of nitrogens with one attached hydrogen (secondary N) is 1. The van der Waals surface area contributed by atoms with Gasteiger partial charge in [-0.1, -0.05) is 129 Å². The van der Waals surface area contributed by atoms with Crippen LogP contribution in [0.1, 0.15) is 162 Å². The number of hydrogen-bond acceptors (Lipinski definition) is 1. The lowest BCUT2D eigenvalue weighted by atomic mass is 9.91. The summed E-state index contributed by atoms with van der Waals surface area (Å²) in [6.45, 7) is 4.56. The predicted octanol–water partition coefficient (Wildman–Crippen LogP) is 9.92. The SMILES string of the molecule is CCCCCCCCC=CCCCCCCCC(CCCCCCCCC)CC(=O)NC. The molecule has 0 aromatic rings. The second-order valence-electron chi connectivity index (χ2n) is 10.0. The van der Waals surface area contributed by atoms with Crippen LogP contribution in [0.25, 0.3) is 0 Å². The molecule has 0 aliphatic rings. The minimum Gasteiger partial charge on any atom is -0.359 e. The summed E-state index contributed by atoms with van der Waals surface area (Å²) in [6, 6.07) is 0. The van der Waals surface area contributed by atoms with E-state index in [4.69, 9.17) is 0 Å². The largest absolute Gasteiger partial charge is 0.359 e. The molecule has 0 aromatic heterocycles. The van der Waals surface area contributed by atoms with E-state index in [-0.39, 0.29) is 5.91 Å². The minimum atomic E-state index is 0.227. The summed E-state index contributed by atoms with van der Waals surface area (Å²) >= 11 is 0. The summed E-state index contributed by atoms with van der Waals surface area (Å²) in [4.78, 5) is 11.9. The van der Waals surface area contributed by atoms with Gasteiger partial charge in [-0.05, 0) is 44.4 Å². The highest BCUT2D eigenvalue weighted by Gasteiger charge is 2.12. The third-order valence-electron chi connectivity index (χ3n) is 6.84. The Balaban J connectivity index is 3.65. The molecule has 1 amide bonds. The van der Waals surface area contributed by atoms with Gasteiger partial charge in [0.25, 0.3) is 0 Å². The molecule has 0 aromatic carbocycles. The Kier molecular flexibility index (Phi) is 25.8. The molecule has 1 N–H and O–H groups in total. The van der Waals surface area contributed by atoms with Gasteiger partial charge in [-0.3, -0.25) is 4.79 Å². The van der Waals surface area contributed by atoms with Crippen molar-refractivity contribution in [2.45, 2.75) is 162 Å². The van der Waals surface area contributed by atoms with Crippen molar-refractivity contribution in [3.63, 3.8) is 0 Å². The molecule has 0 bridgehead atoms. The number of unbranched alkanes of at least 4 members (excludes halogenated alkanes) is 17. The maximum atomic E-state index is 11.9. The Labute approximate surface area is 202 Å². The van der Waals surface area contributed by atoms with Crippen LogP contribution < -0.4 is 5.32 Å². The van der Waals surface area contributed by atoms with E-state index in [0.29, 0.717) is 5.92 Å². The fraction of sp³-hybridized carbons (Fsp3) is 0.900. The van der Waals surface area contributed by atoms with Crippen LogP contribution >= 0.6 is 0 Å². The van der Waals surface area contributed by atoms with Crippen LogP contribution in [-0.4, -0.2) is 13.0 Å². The summed E-state index contributed by atoms with van der Waals surface area (Å²) in [7, 11) is 1.77. The fourth-order valence-corrected chi connectivity index (χ4v) is 4.61. The maximum absolute atomic E-state index is 11.9. The van der Waals surface area contributed by atoms with Gasteiger partial charge in [0.15, 0.2) is 0 Å². The first-order valence-corrected chi connectivity index (χ1v) is 14.6. The number of allylic oxidation sites excluding steroid dienone is 2. The average molecular weight is 450 g/mol. The fourth-order valence-electron chi connectivity index (χ4n) is 4.61. The monoisotopic (exact) mass is 449 g/mol. The highest BCUT2D eigenvalue weighted by atomic mass is 16.1. The van der Waals surface area contributed by atoms with Gasteiger partial charge >= 0.3 is 0 Å². The van der Waals surface area contributed by atoms with Gasteiger partial charge < -0.3 is 5.32 Å². The Bertz CT molecular complexity index is 404. The molecule has 0 saturated heterocycles. The van der Waals surface area contributed by atoms with Gasteiger partial charge in [0.05, 0.1) is 0 Å². The lowest BCUT2D eigenvalue weighted by Crippen LogP contribution is -2.21. The molecule has 1 unspecified atom stereocenters. The van der Waals surface area contributed by atoms with E-state index >= 15 is 0 Å². The van der Waals surface area contributed by atoms with Gasteiger partial charge in [0.2, 0.25) is 5.91 Å². The van der Waals surface area contributed by atoms with Crippen LogP contribution in [0.4, 0.5) is 0 Å². The summed E-state index contributed by atoms with van der Waals surface area (Å²) < 4.78 is 0. The molecular weight excluding hydrogens is 390 g/mol. The van der Waals surface area contributed by atoms with E-state index in [1.807, 2.05) is 0 Å². The molecule has 1 atom stereocenters. The predicted molar refractivity (Wildman–Crippen MR) is 144 cm³/mol. The van der Waals surface area contributed by atoms with Crippen molar-refractivity contribution in [2.24, 2.45) is 5.92 Å². The third-order valence-corrected chi connectivity index (χ3v) is 6.84. The first-order valence-electron chi connectivity index (χ1n) is 14.6. The molecule has 2 nitrogen and oxygen atoms in total. The number of carbonyl (C=O) groups excluding carboxylic acids is 1. The van der Waals surface area contributed by atoms with E-state index in [9.17, 15) is 4.79 Å². The van der Waals surface area contributed by atoms with Gasteiger partial charge in [-0.15, -0.1) is 0 Å². The topological polar surface area (TPSA) is 29.1 Å². The highest BCUT2D eigenvalue weighted by molar-refractivity contribution is 5.75. The Morgan fingerprint density at radius 1 is 0.594 bits per heavy atom. The quantitative estimate of drug-likeness (QED) is 0.109. The number of hydrogen-bond donors (Lipinski definition) is 1. The van der Waals surface area contributed by atoms with Crippen LogP contribution in [0, 0.1) is 5.92 Å². The summed E-state index contributed by atoms with van der Waals surface area (Å²) in [6.07, 6.45) is 35.1. The summed E-state index contributed by atoms with van der Waals surface area (Å²) in [5.41, 5.74) is 0. The first-order chi connectivity index (χ1) is 15.7. The molecule has 0 heterocycles. The van der Waals surface area contributed by atoms with Crippen LogP contribution in [0.3, 0.4) is 0 Å². The van der Waals surface area contributed by atoms with Gasteiger partial charge in [-0.2, -0.15) is 0 Å². The number of amides is 1. The van der Waals surface area contributed by atoms with Crippen LogP contribution in [0.5, 0.6) is 0 Å². The van der Waals surface area contributed by atoms with Crippen molar-refractivity contribution in [1.82, 2.24) is 5.32 Å². The molecule has 190 valence electrons. The van der Waals surface area contributed by atoms with Gasteiger partial charge in [0, 0.05) is 13.5 Å². The lowest BCUT2D eigenvalue weighted by Gasteiger charge is -2.16. The molecule has 0 fully saturated rings. The first kappa shape index (κ1) is 31.2. The average Bonchev–Trinajstić information content (AvgIpc) is 2.80. The number of carbonyl (C=O) groups is 1. The lowest BCUT2D eigenvalue weighted by molar-refractivity contribution is -0.121. The Hall–Kier alpha value is -0.790. The summed E-state index contributed by atoms with van der Waals surface area (Å²) in [5, 5.41) is 2.83. The van der Waals surface area contributed by atoms with E-state index in [1.54, 1.807) is 7.05 Å². The maximum Gasteiger partial charge on any atom is 0.220 e. The van der Waals surface area contributed by atoms with E-state index in [2.05, 4.69) is 31.3 Å². The van der Waals surface area contributed by atoms with E-state index < -0.39 is 0 Å². The molecular formula is C30H59NO. The zero-order valence-corrected chi connectivity index (χ0v) is 22.4. The van der Waals surface area contributed by atoms with Crippen LogP contribution in [0.2, 0.25) is 0 Å². The Morgan fingerprint density at radius 3 is 1.38 bits per heavy atom. The third kappa shape index (κ3) is 23.9. The molecule has 0 aliphatic carbocycles. The van der Waals surface area contributed by atoms with Crippen LogP contribution in [-0.2, 0) is 4.79 Å². The molecule has 2 heteroatoms. The smallest absolute Gasteiger partial charge is 0.220 e. The van der Waals surface area contributed by atoms with Crippen molar-refractivity contribution in [1.29, 1.82) is 0 Å². The molecule has 0 radical (unpaired) electrons. The van der Waals surface area contributed by atoms with Crippen molar-refractivity contribution >= 4 is 5.91 Å². The molecule has 0 aliphatic heterocycles. The molecule has 0 saturated carbocycles. The number of rotatable bonds is 25. The zero-order chi connectivity index (χ0) is 23.5. The van der Waals surface area contributed by atoms with Crippen LogP contribution in [0.15, 0.2) is 12.2 Å². The molecule has 0 rings (SSSR count). The molecule has 0 spiro atoms. The normalized spacial score (nSPS) is 12.5. The standard InChI is InChI=1S/C30H59NO/c1-4-6-8-10-12-13-14-15-16-17-18-19-21-23-25-27-29(28-30(32)31-3)26-24-22-20-11-9-7-5-2/h15-16,29H,4-14,17-28H2,1-3H3,(H,31,32). The zero-order valence-electron chi connectivity index (χ0n) is 22.4. The second-order valence-corrected chi connectivity index (χ2v) is 10.0. The van der Waals surface area contributed by atoms with Crippen molar-refractivity contribution in [3.05, 3.63) is 12.2 Å².